The molecule has 7 heteroatoms. The van der Waals surface area contributed by atoms with E-state index in [1.807, 2.05) is 31.2 Å². The zero-order valence-electron chi connectivity index (χ0n) is 11.7. The Morgan fingerprint density at radius 2 is 1.95 bits per heavy atom. The second-order valence-corrected chi connectivity index (χ2v) is 4.59. The van der Waals surface area contributed by atoms with Crippen molar-refractivity contribution in [1.82, 2.24) is 19.8 Å². The van der Waals surface area contributed by atoms with Crippen molar-refractivity contribution in [3.63, 3.8) is 0 Å². The van der Waals surface area contributed by atoms with Crippen molar-refractivity contribution in [2.75, 3.05) is 5.73 Å². The van der Waals surface area contributed by atoms with E-state index < -0.39 is 0 Å². The molecule has 0 spiro atoms. The summed E-state index contributed by atoms with van der Waals surface area (Å²) in [6.07, 6.45) is 3.48. The summed E-state index contributed by atoms with van der Waals surface area (Å²) in [4.78, 5) is 8.26. The molecule has 2 N–H and O–H groups in total. The standard InChI is InChI=1S/C14H14N6O/c1-9-8-20(14(15)17-9)16-7-11-3-5-12(6-4-11)13-18-10(2)21-19-13/h3-8H,1-2H3,(H2,15,17). The van der Waals surface area contributed by atoms with Crippen molar-refractivity contribution in [3.8, 4) is 11.4 Å². The van der Waals surface area contributed by atoms with Crippen LogP contribution in [0.1, 0.15) is 17.1 Å². The molecule has 0 saturated heterocycles. The third kappa shape index (κ3) is 2.81. The molecule has 3 aromatic rings. The molecule has 0 aliphatic heterocycles. The van der Waals surface area contributed by atoms with Gasteiger partial charge in [-0.2, -0.15) is 10.1 Å². The van der Waals surface area contributed by atoms with E-state index in [4.69, 9.17) is 10.3 Å². The predicted molar refractivity (Wildman–Crippen MR) is 78.8 cm³/mol. The summed E-state index contributed by atoms with van der Waals surface area (Å²) in [5, 5.41) is 8.13. The molecule has 7 nitrogen and oxygen atoms in total. The van der Waals surface area contributed by atoms with Crippen LogP contribution < -0.4 is 5.73 Å². The van der Waals surface area contributed by atoms with Gasteiger partial charge in [-0.1, -0.05) is 29.4 Å². The molecule has 2 aromatic heterocycles. The van der Waals surface area contributed by atoms with Crippen LogP contribution in [0.4, 0.5) is 5.95 Å². The lowest BCUT2D eigenvalue weighted by Crippen LogP contribution is -1.96. The summed E-state index contributed by atoms with van der Waals surface area (Å²) < 4.78 is 6.49. The van der Waals surface area contributed by atoms with E-state index in [-0.39, 0.29) is 0 Å². The number of rotatable bonds is 3. The Bertz CT molecular complexity index is 784. The molecule has 3 rings (SSSR count). The number of benzene rings is 1. The Balaban J connectivity index is 1.80. The fraction of sp³-hybridized carbons (Fsp3) is 0.143. The van der Waals surface area contributed by atoms with Crippen molar-refractivity contribution in [3.05, 3.63) is 47.6 Å². The average Bonchev–Trinajstić information content (AvgIpc) is 3.03. The summed E-state index contributed by atoms with van der Waals surface area (Å²) in [7, 11) is 0. The van der Waals surface area contributed by atoms with Crippen LogP contribution in [0.25, 0.3) is 11.4 Å². The number of aryl methyl sites for hydroxylation is 2. The smallest absolute Gasteiger partial charge is 0.223 e. The summed E-state index contributed by atoms with van der Waals surface area (Å²) >= 11 is 0. The molecular formula is C14H14N6O. The molecule has 2 heterocycles. The normalized spacial score (nSPS) is 11.3. The van der Waals surface area contributed by atoms with Crippen LogP contribution in [0.5, 0.6) is 0 Å². The van der Waals surface area contributed by atoms with Gasteiger partial charge in [-0.15, -0.1) is 0 Å². The molecule has 0 bridgehead atoms. The van der Waals surface area contributed by atoms with Gasteiger partial charge < -0.3 is 10.3 Å². The SMILES string of the molecule is Cc1cn(N=Cc2ccc(-c3noc(C)n3)cc2)c(N)n1. The van der Waals surface area contributed by atoms with Crippen LogP contribution in [-0.4, -0.2) is 26.0 Å². The zero-order valence-corrected chi connectivity index (χ0v) is 11.7. The molecule has 0 unspecified atom stereocenters. The number of anilines is 1. The zero-order chi connectivity index (χ0) is 14.8. The monoisotopic (exact) mass is 282 g/mol. The molecular weight excluding hydrogens is 268 g/mol. The summed E-state index contributed by atoms with van der Waals surface area (Å²) in [6.45, 7) is 3.62. The maximum atomic E-state index is 5.72. The number of hydrogen-bond donors (Lipinski definition) is 1. The Morgan fingerprint density at radius 3 is 2.52 bits per heavy atom. The molecule has 1 aromatic carbocycles. The lowest BCUT2D eigenvalue weighted by atomic mass is 10.1. The van der Waals surface area contributed by atoms with Crippen LogP contribution >= 0.6 is 0 Å². The van der Waals surface area contributed by atoms with E-state index in [1.165, 1.54) is 4.68 Å². The molecule has 21 heavy (non-hydrogen) atoms. The first-order valence-electron chi connectivity index (χ1n) is 6.38. The maximum absolute atomic E-state index is 5.72. The third-order valence-electron chi connectivity index (χ3n) is 2.86. The lowest BCUT2D eigenvalue weighted by molar-refractivity contribution is 0.394. The van der Waals surface area contributed by atoms with Crippen molar-refractivity contribution in [2.45, 2.75) is 13.8 Å². The second-order valence-electron chi connectivity index (χ2n) is 4.59. The largest absolute Gasteiger partial charge is 0.368 e. The van der Waals surface area contributed by atoms with Gasteiger partial charge in [-0.25, -0.2) is 9.66 Å². The molecule has 0 radical (unpaired) electrons. The highest BCUT2D eigenvalue weighted by Crippen LogP contribution is 2.15. The van der Waals surface area contributed by atoms with E-state index in [0.717, 1.165) is 16.8 Å². The van der Waals surface area contributed by atoms with Crippen LogP contribution in [0.15, 0.2) is 40.1 Å². The van der Waals surface area contributed by atoms with Crippen molar-refractivity contribution in [1.29, 1.82) is 0 Å². The van der Waals surface area contributed by atoms with Gasteiger partial charge in [0.05, 0.1) is 18.1 Å². The van der Waals surface area contributed by atoms with Crippen LogP contribution in [0.2, 0.25) is 0 Å². The Labute approximate surface area is 121 Å². The van der Waals surface area contributed by atoms with E-state index in [2.05, 4.69) is 20.2 Å². The van der Waals surface area contributed by atoms with E-state index in [1.54, 1.807) is 19.3 Å². The van der Waals surface area contributed by atoms with Gasteiger partial charge >= 0.3 is 0 Å². The van der Waals surface area contributed by atoms with Crippen LogP contribution in [-0.2, 0) is 0 Å². The number of hydrogen-bond acceptors (Lipinski definition) is 6. The van der Waals surface area contributed by atoms with Gasteiger partial charge in [0.2, 0.25) is 17.7 Å². The van der Waals surface area contributed by atoms with E-state index in [9.17, 15) is 0 Å². The fourth-order valence-corrected chi connectivity index (χ4v) is 1.86. The Kier molecular flexibility index (Phi) is 3.23. The summed E-state index contributed by atoms with van der Waals surface area (Å²) in [6, 6.07) is 7.66. The minimum atomic E-state index is 0.364. The summed E-state index contributed by atoms with van der Waals surface area (Å²) in [5.74, 6) is 1.48. The first kappa shape index (κ1) is 13.0. The number of imidazole rings is 1. The van der Waals surface area contributed by atoms with E-state index in [0.29, 0.717) is 17.7 Å². The van der Waals surface area contributed by atoms with Crippen molar-refractivity contribution in [2.24, 2.45) is 5.10 Å². The molecule has 0 saturated carbocycles. The van der Waals surface area contributed by atoms with Gasteiger partial charge in [0, 0.05) is 12.5 Å². The number of aromatic nitrogens is 4. The average molecular weight is 282 g/mol. The molecule has 0 aliphatic carbocycles. The highest BCUT2D eigenvalue weighted by Gasteiger charge is 2.04. The quantitative estimate of drug-likeness (QED) is 0.741. The molecule has 0 amide bonds. The molecule has 0 atom stereocenters. The van der Waals surface area contributed by atoms with E-state index >= 15 is 0 Å². The highest BCUT2D eigenvalue weighted by molar-refractivity contribution is 5.80. The first-order chi connectivity index (χ1) is 10.1. The fourth-order valence-electron chi connectivity index (χ4n) is 1.86. The first-order valence-corrected chi connectivity index (χ1v) is 6.38. The van der Waals surface area contributed by atoms with Crippen LogP contribution in [0, 0.1) is 13.8 Å². The van der Waals surface area contributed by atoms with Gasteiger partial charge in [0.15, 0.2) is 0 Å². The lowest BCUT2D eigenvalue weighted by Gasteiger charge is -1.97. The predicted octanol–water partition coefficient (Wildman–Crippen LogP) is 2.01. The number of nitrogens with two attached hydrogens (primary N) is 1. The minimum absolute atomic E-state index is 0.364. The van der Waals surface area contributed by atoms with Gasteiger partial charge in [-0.05, 0) is 12.5 Å². The Hall–Kier alpha value is -2.96. The maximum Gasteiger partial charge on any atom is 0.223 e. The summed E-state index contributed by atoms with van der Waals surface area (Å²) in [5.41, 5.74) is 8.37. The third-order valence-corrected chi connectivity index (χ3v) is 2.86. The molecule has 0 fully saturated rings. The minimum Gasteiger partial charge on any atom is -0.368 e. The van der Waals surface area contributed by atoms with Gasteiger partial charge in [0.1, 0.15) is 0 Å². The number of nitrogen functional groups attached to an aromatic ring is 1. The van der Waals surface area contributed by atoms with Crippen LogP contribution in [0.3, 0.4) is 0 Å². The molecule has 0 aliphatic rings. The highest BCUT2D eigenvalue weighted by atomic mass is 16.5. The topological polar surface area (TPSA) is 95.1 Å². The van der Waals surface area contributed by atoms with Crippen molar-refractivity contribution < 1.29 is 4.52 Å². The van der Waals surface area contributed by atoms with Crippen molar-refractivity contribution >= 4 is 12.2 Å². The second kappa shape index (κ2) is 5.20. The Morgan fingerprint density at radius 1 is 1.19 bits per heavy atom. The van der Waals surface area contributed by atoms with Gasteiger partial charge in [-0.3, -0.25) is 0 Å². The van der Waals surface area contributed by atoms with Gasteiger partial charge in [0.25, 0.3) is 0 Å². The number of nitrogens with zero attached hydrogens (tertiary/aromatic N) is 5. The molecule has 106 valence electrons.